The van der Waals surface area contributed by atoms with Crippen LogP contribution in [0.25, 0.3) is 0 Å². The van der Waals surface area contributed by atoms with E-state index in [0.717, 1.165) is 12.8 Å². The number of carbonyl (C=O) groups excluding carboxylic acids is 2. The van der Waals surface area contributed by atoms with Gasteiger partial charge in [-0.25, -0.2) is 0 Å². The summed E-state index contributed by atoms with van der Waals surface area (Å²) in [4.78, 5) is 21.8. The van der Waals surface area contributed by atoms with Gasteiger partial charge in [-0.1, -0.05) is 13.8 Å². The van der Waals surface area contributed by atoms with Gasteiger partial charge in [0.2, 0.25) is 0 Å². The number of ether oxygens (including phenoxy) is 2. The van der Waals surface area contributed by atoms with E-state index in [-0.39, 0.29) is 12.4 Å². The molecule has 0 aromatic rings. The van der Waals surface area contributed by atoms with Crippen LogP contribution >= 0.6 is 0 Å². The highest BCUT2D eigenvalue weighted by atomic mass is 16.5. The Kier molecular flexibility index (Phi) is 7.89. The van der Waals surface area contributed by atoms with Crippen molar-refractivity contribution in [3.05, 3.63) is 6.42 Å². The van der Waals surface area contributed by atoms with Gasteiger partial charge < -0.3 is 9.47 Å². The van der Waals surface area contributed by atoms with Crippen molar-refractivity contribution in [1.82, 2.24) is 0 Å². The van der Waals surface area contributed by atoms with E-state index >= 15 is 0 Å². The molecule has 14 heavy (non-hydrogen) atoms. The third kappa shape index (κ3) is 7.58. The molecular weight excluding hydrogens is 184 g/mol. The molecule has 0 N–H and O–H groups in total. The number of carbonyl (C=O) groups is 2. The lowest BCUT2D eigenvalue weighted by Gasteiger charge is -2.03. The van der Waals surface area contributed by atoms with Crippen molar-refractivity contribution >= 4 is 11.9 Å². The maximum absolute atomic E-state index is 10.9. The predicted molar refractivity (Wildman–Crippen MR) is 51.4 cm³/mol. The molecule has 1 radical (unpaired) electrons. The molecule has 81 valence electrons. The van der Waals surface area contributed by atoms with Crippen LogP contribution in [0.1, 0.15) is 33.1 Å². The van der Waals surface area contributed by atoms with E-state index < -0.39 is 5.97 Å². The second kappa shape index (κ2) is 8.53. The number of hydrogen-bond acceptors (Lipinski definition) is 4. The molecule has 0 atom stereocenters. The predicted octanol–water partition coefficient (Wildman–Crippen LogP) is 1.49. The monoisotopic (exact) mass is 201 g/mol. The van der Waals surface area contributed by atoms with Gasteiger partial charge in [0.1, 0.15) is 0 Å². The molecule has 0 aliphatic heterocycles. The van der Waals surface area contributed by atoms with E-state index in [9.17, 15) is 9.59 Å². The van der Waals surface area contributed by atoms with Crippen LogP contribution in [0.4, 0.5) is 0 Å². The minimum absolute atomic E-state index is 0.0114. The molecule has 4 heteroatoms. The first-order valence-corrected chi connectivity index (χ1v) is 4.86. The Morgan fingerprint density at radius 1 is 1.07 bits per heavy atom. The van der Waals surface area contributed by atoms with Crippen molar-refractivity contribution in [2.45, 2.75) is 33.1 Å². The summed E-state index contributed by atoms with van der Waals surface area (Å²) in [5.41, 5.74) is 0. The van der Waals surface area contributed by atoms with E-state index in [4.69, 9.17) is 9.47 Å². The minimum atomic E-state index is -0.458. The summed E-state index contributed by atoms with van der Waals surface area (Å²) in [6.07, 6.45) is 2.75. The average molecular weight is 201 g/mol. The summed E-state index contributed by atoms with van der Waals surface area (Å²) in [7, 11) is 0. The lowest BCUT2D eigenvalue weighted by Crippen LogP contribution is -2.11. The molecule has 0 amide bonds. The number of rotatable bonds is 7. The summed E-state index contributed by atoms with van der Waals surface area (Å²) in [5, 5.41) is 0. The minimum Gasteiger partial charge on any atom is -0.466 e. The van der Waals surface area contributed by atoms with E-state index in [1.807, 2.05) is 13.8 Å². The number of esters is 2. The van der Waals surface area contributed by atoms with Crippen molar-refractivity contribution in [1.29, 1.82) is 0 Å². The molecule has 0 saturated heterocycles. The van der Waals surface area contributed by atoms with E-state index in [1.165, 1.54) is 6.42 Å². The van der Waals surface area contributed by atoms with Gasteiger partial charge in [0.25, 0.3) is 0 Å². The Hall–Kier alpha value is -1.06. The van der Waals surface area contributed by atoms with Crippen molar-refractivity contribution in [3.63, 3.8) is 0 Å². The van der Waals surface area contributed by atoms with Crippen molar-refractivity contribution in [2.75, 3.05) is 13.2 Å². The van der Waals surface area contributed by atoms with Crippen molar-refractivity contribution < 1.29 is 19.1 Å². The van der Waals surface area contributed by atoms with Gasteiger partial charge in [0.15, 0.2) is 0 Å². The molecule has 0 heterocycles. The second-order valence-corrected chi connectivity index (χ2v) is 2.80. The fourth-order valence-corrected chi connectivity index (χ4v) is 0.703. The van der Waals surface area contributed by atoms with Gasteiger partial charge >= 0.3 is 11.9 Å². The van der Waals surface area contributed by atoms with Crippen LogP contribution < -0.4 is 0 Å². The highest BCUT2D eigenvalue weighted by molar-refractivity contribution is 5.85. The van der Waals surface area contributed by atoms with Gasteiger partial charge in [-0.3, -0.25) is 9.59 Å². The molecule has 0 bridgehead atoms. The van der Waals surface area contributed by atoms with Crippen molar-refractivity contribution in [3.8, 4) is 0 Å². The molecule has 0 aromatic heterocycles. The smallest absolute Gasteiger partial charge is 0.310 e. The molecule has 0 fully saturated rings. The van der Waals surface area contributed by atoms with Gasteiger partial charge in [0, 0.05) is 0 Å². The Morgan fingerprint density at radius 2 is 1.64 bits per heavy atom. The largest absolute Gasteiger partial charge is 0.466 e. The molecule has 0 aliphatic carbocycles. The van der Waals surface area contributed by atoms with Gasteiger partial charge in [-0.2, -0.15) is 0 Å². The van der Waals surface area contributed by atoms with Crippen LogP contribution in [0.2, 0.25) is 0 Å². The quantitative estimate of drug-likeness (QED) is 0.585. The molecule has 0 unspecified atom stereocenters. The third-order valence-electron chi connectivity index (χ3n) is 1.35. The van der Waals surface area contributed by atoms with E-state index in [0.29, 0.717) is 13.2 Å². The summed E-state index contributed by atoms with van der Waals surface area (Å²) < 4.78 is 9.51. The van der Waals surface area contributed by atoms with Crippen LogP contribution in [0, 0.1) is 6.42 Å². The maximum atomic E-state index is 10.9. The van der Waals surface area contributed by atoms with Gasteiger partial charge in [-0.15, -0.1) is 0 Å². The normalized spacial score (nSPS) is 9.57. The van der Waals surface area contributed by atoms with Crippen LogP contribution in [0.3, 0.4) is 0 Å². The maximum Gasteiger partial charge on any atom is 0.310 e. The Morgan fingerprint density at radius 3 is 2.21 bits per heavy atom. The molecular formula is C10H17O4. The number of hydrogen-bond donors (Lipinski definition) is 0. The van der Waals surface area contributed by atoms with Crippen LogP contribution in [-0.2, 0) is 19.1 Å². The molecule has 0 rings (SSSR count). The van der Waals surface area contributed by atoms with Gasteiger partial charge in [-0.05, 0) is 12.8 Å². The summed E-state index contributed by atoms with van der Waals surface area (Å²) in [5.74, 6) is -0.847. The van der Waals surface area contributed by atoms with Crippen LogP contribution in [0.5, 0.6) is 0 Å². The zero-order valence-electron chi connectivity index (χ0n) is 8.75. The van der Waals surface area contributed by atoms with Crippen LogP contribution in [-0.4, -0.2) is 25.2 Å². The average Bonchev–Trinajstić information content (AvgIpc) is 2.20. The molecule has 0 aromatic carbocycles. The zero-order chi connectivity index (χ0) is 10.8. The fraction of sp³-hybridized carbons (Fsp3) is 0.700. The second-order valence-electron chi connectivity index (χ2n) is 2.80. The van der Waals surface area contributed by atoms with Crippen LogP contribution in [0.15, 0.2) is 0 Å². The Bertz CT molecular complexity index is 157. The Balaban J connectivity index is 3.41. The molecule has 4 nitrogen and oxygen atoms in total. The third-order valence-corrected chi connectivity index (χ3v) is 1.35. The van der Waals surface area contributed by atoms with Gasteiger partial charge in [0.05, 0.1) is 26.1 Å². The first-order valence-electron chi connectivity index (χ1n) is 4.86. The standard InChI is InChI=1S/C10H17O4/c1-3-7-13-9(11)5-6-10(12)14-8-4-2/h5H,3-4,6-8H2,1-2H3. The highest BCUT2D eigenvalue weighted by Gasteiger charge is 2.08. The zero-order valence-corrected chi connectivity index (χ0v) is 8.75. The fourth-order valence-electron chi connectivity index (χ4n) is 0.703. The Labute approximate surface area is 84.6 Å². The molecule has 0 saturated carbocycles. The molecule has 0 aliphatic rings. The molecule has 0 spiro atoms. The van der Waals surface area contributed by atoms with E-state index in [1.54, 1.807) is 0 Å². The lowest BCUT2D eigenvalue weighted by atomic mass is 10.3. The summed E-state index contributed by atoms with van der Waals surface area (Å²) in [6, 6.07) is 0. The first-order chi connectivity index (χ1) is 6.70. The highest BCUT2D eigenvalue weighted by Crippen LogP contribution is 1.95. The topological polar surface area (TPSA) is 52.6 Å². The van der Waals surface area contributed by atoms with Crippen molar-refractivity contribution in [2.24, 2.45) is 0 Å². The SMILES string of the molecule is CCCOC(=O)[CH]CC(=O)OCCC. The lowest BCUT2D eigenvalue weighted by molar-refractivity contribution is -0.146. The van der Waals surface area contributed by atoms with E-state index in [2.05, 4.69) is 0 Å². The summed E-state index contributed by atoms with van der Waals surface area (Å²) in [6.45, 7) is 4.60. The first kappa shape index (κ1) is 12.9. The summed E-state index contributed by atoms with van der Waals surface area (Å²) >= 11 is 0.